The molecule has 15 heavy (non-hydrogen) atoms. The Kier molecular flexibility index (Phi) is 7.08. The van der Waals surface area contributed by atoms with Crippen molar-refractivity contribution < 1.29 is 4.79 Å². The molecule has 2 N–H and O–H groups in total. The van der Waals surface area contributed by atoms with Crippen LogP contribution in [-0.2, 0) is 4.79 Å². The number of nitrogens with one attached hydrogen (secondary N) is 2. The predicted octanol–water partition coefficient (Wildman–Crippen LogP) is 1.33. The topological polar surface area (TPSA) is 41.1 Å². The van der Waals surface area contributed by atoms with Crippen molar-refractivity contribution in [1.82, 2.24) is 10.6 Å². The van der Waals surface area contributed by atoms with Gasteiger partial charge in [0.2, 0.25) is 5.91 Å². The molecule has 0 aromatic carbocycles. The average Bonchev–Trinajstić information content (AvgIpc) is 2.67. The van der Waals surface area contributed by atoms with Gasteiger partial charge in [-0.1, -0.05) is 0 Å². The van der Waals surface area contributed by atoms with Crippen LogP contribution in [0.4, 0.5) is 0 Å². The first kappa shape index (κ1) is 15.4. The van der Waals surface area contributed by atoms with Gasteiger partial charge in [0.25, 0.3) is 0 Å². The summed E-state index contributed by atoms with van der Waals surface area (Å²) in [6.07, 6.45) is 2.07. The molecule has 0 aromatic heterocycles. The van der Waals surface area contributed by atoms with E-state index in [1.54, 1.807) is 23.5 Å². The molecule has 0 spiro atoms. The highest BCUT2D eigenvalue weighted by atomic mass is 35.5. The minimum atomic E-state index is 0. The Balaban J connectivity index is 0.00000196. The van der Waals surface area contributed by atoms with Crippen LogP contribution in [0.25, 0.3) is 0 Å². The number of carbonyl (C=O) groups is 1. The Hall–Kier alpha value is 0.420. The van der Waals surface area contributed by atoms with Crippen molar-refractivity contribution in [3.05, 3.63) is 0 Å². The van der Waals surface area contributed by atoms with Crippen LogP contribution in [-0.4, -0.2) is 41.1 Å². The van der Waals surface area contributed by atoms with Gasteiger partial charge in [-0.2, -0.15) is 11.8 Å². The SMILES string of the molecule is CSC(C)(C)CNC(=O)C1CSCN1.Cl. The third kappa shape index (κ3) is 5.33. The van der Waals surface area contributed by atoms with E-state index >= 15 is 0 Å². The summed E-state index contributed by atoms with van der Waals surface area (Å²) in [6.45, 7) is 5.00. The van der Waals surface area contributed by atoms with Gasteiger partial charge in [-0.25, -0.2) is 0 Å². The zero-order valence-corrected chi connectivity index (χ0v) is 11.8. The van der Waals surface area contributed by atoms with Crippen LogP contribution in [0.1, 0.15) is 13.8 Å². The van der Waals surface area contributed by atoms with Crippen molar-refractivity contribution in [2.24, 2.45) is 0 Å². The third-order valence-corrected chi connectivity index (χ3v) is 4.46. The van der Waals surface area contributed by atoms with Crippen molar-refractivity contribution >= 4 is 41.8 Å². The summed E-state index contributed by atoms with van der Waals surface area (Å²) >= 11 is 3.54. The monoisotopic (exact) mass is 270 g/mol. The number of thioether (sulfide) groups is 2. The molecule has 1 rings (SSSR count). The van der Waals surface area contributed by atoms with Crippen LogP contribution in [0, 0.1) is 0 Å². The number of hydrogen-bond donors (Lipinski definition) is 2. The molecule has 1 amide bonds. The second-order valence-electron chi connectivity index (χ2n) is 3.95. The molecule has 0 bridgehead atoms. The zero-order valence-electron chi connectivity index (χ0n) is 9.33. The molecule has 1 aliphatic heterocycles. The van der Waals surface area contributed by atoms with E-state index in [1.807, 2.05) is 0 Å². The summed E-state index contributed by atoms with van der Waals surface area (Å²) in [4.78, 5) is 11.6. The van der Waals surface area contributed by atoms with E-state index in [1.165, 1.54) is 0 Å². The number of carbonyl (C=O) groups excluding carboxylic acids is 1. The molecule has 0 saturated carbocycles. The molecule has 6 heteroatoms. The molecule has 1 heterocycles. The molecule has 1 saturated heterocycles. The van der Waals surface area contributed by atoms with Crippen LogP contribution < -0.4 is 10.6 Å². The lowest BCUT2D eigenvalue weighted by molar-refractivity contribution is -0.122. The highest BCUT2D eigenvalue weighted by Gasteiger charge is 2.24. The molecular weight excluding hydrogens is 252 g/mol. The molecule has 3 nitrogen and oxygen atoms in total. The lowest BCUT2D eigenvalue weighted by Crippen LogP contribution is -2.46. The van der Waals surface area contributed by atoms with Gasteiger partial charge in [-0.3, -0.25) is 10.1 Å². The molecule has 0 aliphatic carbocycles. The minimum Gasteiger partial charge on any atom is -0.353 e. The molecule has 1 aliphatic rings. The van der Waals surface area contributed by atoms with Gasteiger partial charge in [0.05, 0.1) is 6.04 Å². The first-order valence-electron chi connectivity index (χ1n) is 4.69. The number of rotatable bonds is 4. The van der Waals surface area contributed by atoms with Crippen LogP contribution in [0.3, 0.4) is 0 Å². The summed E-state index contributed by atoms with van der Waals surface area (Å²) in [5.41, 5.74) is 0. The fraction of sp³-hybridized carbons (Fsp3) is 0.889. The molecule has 1 fully saturated rings. The highest BCUT2D eigenvalue weighted by molar-refractivity contribution is 8.00. The summed E-state index contributed by atoms with van der Waals surface area (Å²) in [5.74, 6) is 1.92. The lowest BCUT2D eigenvalue weighted by atomic mass is 10.2. The summed E-state index contributed by atoms with van der Waals surface area (Å²) in [6, 6.07) is 0.0117. The van der Waals surface area contributed by atoms with Gasteiger partial charge in [-0.05, 0) is 20.1 Å². The van der Waals surface area contributed by atoms with Gasteiger partial charge in [0.15, 0.2) is 0 Å². The van der Waals surface area contributed by atoms with Crippen molar-refractivity contribution in [3.8, 4) is 0 Å². The maximum Gasteiger partial charge on any atom is 0.238 e. The van der Waals surface area contributed by atoms with Gasteiger partial charge in [0, 0.05) is 22.9 Å². The highest BCUT2D eigenvalue weighted by Crippen LogP contribution is 2.19. The first-order chi connectivity index (χ1) is 6.55. The van der Waals surface area contributed by atoms with E-state index < -0.39 is 0 Å². The molecule has 1 unspecified atom stereocenters. The average molecular weight is 271 g/mol. The van der Waals surface area contributed by atoms with E-state index in [4.69, 9.17) is 0 Å². The lowest BCUT2D eigenvalue weighted by Gasteiger charge is -2.23. The second kappa shape index (κ2) is 6.89. The molecule has 90 valence electrons. The Morgan fingerprint density at radius 3 is 2.80 bits per heavy atom. The molecule has 0 radical (unpaired) electrons. The smallest absolute Gasteiger partial charge is 0.238 e. The van der Waals surface area contributed by atoms with Crippen molar-refractivity contribution in [2.75, 3.05) is 24.4 Å². The Labute approximate surface area is 106 Å². The van der Waals surface area contributed by atoms with Crippen LogP contribution in [0.2, 0.25) is 0 Å². The second-order valence-corrected chi connectivity index (χ2v) is 6.50. The van der Waals surface area contributed by atoms with E-state index in [2.05, 4.69) is 30.7 Å². The van der Waals surface area contributed by atoms with E-state index in [0.29, 0.717) is 0 Å². The third-order valence-electron chi connectivity index (χ3n) is 2.27. The quantitative estimate of drug-likeness (QED) is 0.809. The predicted molar refractivity (Wildman–Crippen MR) is 72.1 cm³/mol. The Morgan fingerprint density at radius 1 is 1.67 bits per heavy atom. The number of hydrogen-bond acceptors (Lipinski definition) is 4. The van der Waals surface area contributed by atoms with E-state index in [9.17, 15) is 4.79 Å². The number of amides is 1. The van der Waals surface area contributed by atoms with E-state index in [-0.39, 0.29) is 29.1 Å². The fourth-order valence-corrected chi connectivity index (χ4v) is 2.22. The molecule has 1 atom stereocenters. The van der Waals surface area contributed by atoms with Gasteiger partial charge < -0.3 is 5.32 Å². The number of halogens is 1. The summed E-state index contributed by atoms with van der Waals surface area (Å²) < 4.78 is 0.126. The zero-order chi connectivity index (χ0) is 10.6. The van der Waals surface area contributed by atoms with Gasteiger partial charge >= 0.3 is 0 Å². The van der Waals surface area contributed by atoms with Crippen molar-refractivity contribution in [2.45, 2.75) is 24.6 Å². The standard InChI is InChI=1S/C9H18N2OS2.ClH/c1-9(2,13-3)5-10-8(12)7-4-14-6-11-7;/h7,11H,4-6H2,1-3H3,(H,10,12);1H. The maximum absolute atomic E-state index is 11.6. The van der Waals surface area contributed by atoms with Crippen molar-refractivity contribution in [1.29, 1.82) is 0 Å². The fourth-order valence-electron chi connectivity index (χ4n) is 1.06. The maximum atomic E-state index is 11.6. The first-order valence-corrected chi connectivity index (χ1v) is 7.07. The molecular formula is C9H19ClN2OS2. The summed E-state index contributed by atoms with van der Waals surface area (Å²) in [7, 11) is 0. The van der Waals surface area contributed by atoms with Crippen LogP contribution >= 0.6 is 35.9 Å². The Bertz CT molecular complexity index is 208. The van der Waals surface area contributed by atoms with E-state index in [0.717, 1.165) is 18.2 Å². The summed E-state index contributed by atoms with van der Waals surface area (Å²) in [5, 5.41) is 6.13. The van der Waals surface area contributed by atoms with Gasteiger partial charge in [-0.15, -0.1) is 24.2 Å². The molecule has 0 aromatic rings. The normalized spacial score (nSPS) is 20.9. The minimum absolute atomic E-state index is 0. The van der Waals surface area contributed by atoms with Crippen LogP contribution in [0.15, 0.2) is 0 Å². The van der Waals surface area contributed by atoms with Crippen LogP contribution in [0.5, 0.6) is 0 Å². The largest absolute Gasteiger partial charge is 0.353 e. The van der Waals surface area contributed by atoms with Gasteiger partial charge in [0.1, 0.15) is 0 Å². The van der Waals surface area contributed by atoms with Crippen molar-refractivity contribution in [3.63, 3.8) is 0 Å². The Morgan fingerprint density at radius 2 is 2.33 bits per heavy atom.